The summed E-state index contributed by atoms with van der Waals surface area (Å²) in [6.07, 6.45) is 1.31. The van der Waals surface area contributed by atoms with Crippen molar-refractivity contribution in [3.63, 3.8) is 0 Å². The van der Waals surface area contributed by atoms with Gasteiger partial charge in [0, 0.05) is 16.1 Å². The van der Waals surface area contributed by atoms with Gasteiger partial charge in [-0.15, -0.1) is 0 Å². The minimum absolute atomic E-state index is 0.0753. The predicted octanol–water partition coefficient (Wildman–Crippen LogP) is 4.50. The Morgan fingerprint density at radius 1 is 1.14 bits per heavy atom. The molecule has 2 amide bonds. The lowest BCUT2D eigenvalue weighted by molar-refractivity contribution is 0.0974. The minimum atomic E-state index is -0.818. The van der Waals surface area contributed by atoms with E-state index in [2.05, 4.69) is 10.3 Å². The summed E-state index contributed by atoms with van der Waals surface area (Å²) in [7, 11) is 0. The molecule has 1 heterocycles. The van der Waals surface area contributed by atoms with Gasteiger partial charge < -0.3 is 11.1 Å². The standard InChI is InChI=1S/C21H19ClFN3O2/c1-3-11-5-7-16(22)14(4-2)18(11)26-21(28)19-15(20(24)27)10-12-9-13(23)6-8-17(12)25-19/h5-10H,3-4H2,1-2H3,(H2,24,27)(H,26,28). The number of rotatable bonds is 5. The average molecular weight is 400 g/mol. The molecule has 0 unspecified atom stereocenters. The summed E-state index contributed by atoms with van der Waals surface area (Å²) in [6.45, 7) is 3.91. The van der Waals surface area contributed by atoms with E-state index in [-0.39, 0.29) is 11.3 Å². The number of aryl methyl sites for hydroxylation is 1. The molecule has 3 rings (SSSR count). The van der Waals surface area contributed by atoms with Crippen LogP contribution in [0.15, 0.2) is 36.4 Å². The Hall–Kier alpha value is -2.99. The molecule has 1 aromatic heterocycles. The quantitative estimate of drug-likeness (QED) is 0.662. The van der Waals surface area contributed by atoms with Gasteiger partial charge in [0.05, 0.1) is 11.1 Å². The maximum absolute atomic E-state index is 13.5. The number of amides is 2. The predicted molar refractivity (Wildman–Crippen MR) is 108 cm³/mol. The highest BCUT2D eigenvalue weighted by molar-refractivity contribution is 6.32. The molecule has 0 aliphatic carbocycles. The van der Waals surface area contributed by atoms with Crippen molar-refractivity contribution in [1.29, 1.82) is 0 Å². The molecule has 0 saturated heterocycles. The average Bonchev–Trinajstić information content (AvgIpc) is 2.67. The molecule has 0 atom stereocenters. The van der Waals surface area contributed by atoms with Crippen LogP contribution >= 0.6 is 11.6 Å². The lowest BCUT2D eigenvalue weighted by Crippen LogP contribution is -2.23. The van der Waals surface area contributed by atoms with Crippen LogP contribution in [-0.4, -0.2) is 16.8 Å². The summed E-state index contributed by atoms with van der Waals surface area (Å²) >= 11 is 6.29. The van der Waals surface area contributed by atoms with Crippen LogP contribution in [0.25, 0.3) is 10.9 Å². The molecule has 0 radical (unpaired) electrons. The molecule has 0 aliphatic heterocycles. The largest absolute Gasteiger partial charge is 0.366 e. The molecule has 28 heavy (non-hydrogen) atoms. The summed E-state index contributed by atoms with van der Waals surface area (Å²) in [5.41, 5.74) is 7.96. The van der Waals surface area contributed by atoms with Gasteiger partial charge in [-0.3, -0.25) is 9.59 Å². The second kappa shape index (κ2) is 7.94. The molecule has 0 aliphatic rings. The minimum Gasteiger partial charge on any atom is -0.366 e. The van der Waals surface area contributed by atoms with E-state index in [1.807, 2.05) is 19.9 Å². The van der Waals surface area contributed by atoms with Crippen molar-refractivity contribution in [2.45, 2.75) is 26.7 Å². The van der Waals surface area contributed by atoms with Crippen LogP contribution < -0.4 is 11.1 Å². The summed E-state index contributed by atoms with van der Waals surface area (Å²) in [6, 6.07) is 8.94. The summed E-state index contributed by atoms with van der Waals surface area (Å²) in [4.78, 5) is 29.1. The highest BCUT2D eigenvalue weighted by Gasteiger charge is 2.21. The van der Waals surface area contributed by atoms with Gasteiger partial charge in [0.1, 0.15) is 11.5 Å². The first-order valence-corrected chi connectivity index (χ1v) is 9.25. The zero-order chi connectivity index (χ0) is 20.4. The van der Waals surface area contributed by atoms with Gasteiger partial charge in [0.25, 0.3) is 11.8 Å². The van der Waals surface area contributed by atoms with Crippen molar-refractivity contribution >= 4 is 40.0 Å². The first-order valence-electron chi connectivity index (χ1n) is 8.87. The molecule has 0 bridgehead atoms. The number of pyridine rings is 1. The van der Waals surface area contributed by atoms with Gasteiger partial charge in [0.15, 0.2) is 0 Å². The molecule has 5 nitrogen and oxygen atoms in total. The Kier molecular flexibility index (Phi) is 5.61. The fourth-order valence-corrected chi connectivity index (χ4v) is 3.44. The maximum Gasteiger partial charge on any atom is 0.275 e. The van der Waals surface area contributed by atoms with Crippen LogP contribution in [-0.2, 0) is 12.8 Å². The zero-order valence-electron chi connectivity index (χ0n) is 15.5. The molecular weight excluding hydrogens is 381 g/mol. The smallest absolute Gasteiger partial charge is 0.275 e. The highest BCUT2D eigenvalue weighted by atomic mass is 35.5. The van der Waals surface area contributed by atoms with Gasteiger partial charge in [-0.1, -0.05) is 31.5 Å². The molecule has 0 saturated carbocycles. The van der Waals surface area contributed by atoms with E-state index in [1.54, 1.807) is 6.07 Å². The number of hydrogen-bond acceptors (Lipinski definition) is 3. The number of halogens is 2. The SMILES string of the molecule is CCc1ccc(Cl)c(CC)c1NC(=O)c1nc2ccc(F)cc2cc1C(N)=O. The Morgan fingerprint density at radius 3 is 2.54 bits per heavy atom. The van der Waals surface area contributed by atoms with E-state index in [1.165, 1.54) is 24.3 Å². The van der Waals surface area contributed by atoms with Crippen molar-refractivity contribution < 1.29 is 14.0 Å². The third kappa shape index (κ3) is 3.68. The van der Waals surface area contributed by atoms with Gasteiger partial charge in [-0.05, 0) is 54.3 Å². The number of fused-ring (bicyclic) bond motifs is 1. The third-order valence-electron chi connectivity index (χ3n) is 4.57. The van der Waals surface area contributed by atoms with Crippen LogP contribution in [0.3, 0.4) is 0 Å². The van der Waals surface area contributed by atoms with Crippen LogP contribution in [0, 0.1) is 5.82 Å². The van der Waals surface area contributed by atoms with Gasteiger partial charge in [-0.25, -0.2) is 9.37 Å². The van der Waals surface area contributed by atoms with Crippen molar-refractivity contribution in [1.82, 2.24) is 4.98 Å². The topological polar surface area (TPSA) is 85.1 Å². The number of carbonyl (C=O) groups excluding carboxylic acids is 2. The lowest BCUT2D eigenvalue weighted by Gasteiger charge is -2.16. The fraction of sp³-hybridized carbons (Fsp3) is 0.190. The second-order valence-electron chi connectivity index (χ2n) is 6.31. The number of nitrogens with two attached hydrogens (primary N) is 1. The van der Waals surface area contributed by atoms with E-state index in [9.17, 15) is 14.0 Å². The Bertz CT molecular complexity index is 1100. The molecule has 2 aromatic carbocycles. The van der Waals surface area contributed by atoms with E-state index < -0.39 is 17.6 Å². The second-order valence-corrected chi connectivity index (χ2v) is 6.71. The zero-order valence-corrected chi connectivity index (χ0v) is 16.2. The van der Waals surface area contributed by atoms with E-state index >= 15 is 0 Å². The highest BCUT2D eigenvalue weighted by Crippen LogP contribution is 2.30. The Balaban J connectivity index is 2.12. The van der Waals surface area contributed by atoms with Crippen LogP contribution in [0.1, 0.15) is 45.8 Å². The van der Waals surface area contributed by atoms with Gasteiger partial charge in [0.2, 0.25) is 0 Å². The number of carbonyl (C=O) groups is 2. The van der Waals surface area contributed by atoms with Crippen molar-refractivity contribution in [2.75, 3.05) is 5.32 Å². The lowest BCUT2D eigenvalue weighted by atomic mass is 10.0. The number of nitrogens with one attached hydrogen (secondary N) is 1. The molecule has 144 valence electrons. The number of anilines is 1. The first kappa shape index (κ1) is 19.8. The number of nitrogens with zero attached hydrogens (tertiary/aromatic N) is 1. The Morgan fingerprint density at radius 2 is 1.89 bits per heavy atom. The van der Waals surface area contributed by atoms with Gasteiger partial charge in [-0.2, -0.15) is 0 Å². The van der Waals surface area contributed by atoms with Crippen molar-refractivity contribution in [3.8, 4) is 0 Å². The summed E-state index contributed by atoms with van der Waals surface area (Å²) in [5, 5.41) is 3.78. The number of primary amides is 1. The van der Waals surface area contributed by atoms with E-state index in [0.29, 0.717) is 34.5 Å². The summed E-state index contributed by atoms with van der Waals surface area (Å²) in [5.74, 6) is -1.87. The van der Waals surface area contributed by atoms with E-state index in [4.69, 9.17) is 17.3 Å². The molecule has 0 spiro atoms. The third-order valence-corrected chi connectivity index (χ3v) is 4.93. The Labute approximate surface area is 166 Å². The molecule has 3 aromatic rings. The molecule has 0 fully saturated rings. The van der Waals surface area contributed by atoms with Crippen LogP contribution in [0.5, 0.6) is 0 Å². The normalized spacial score (nSPS) is 10.9. The first-order chi connectivity index (χ1) is 13.3. The van der Waals surface area contributed by atoms with Gasteiger partial charge >= 0.3 is 0 Å². The van der Waals surface area contributed by atoms with Crippen molar-refractivity contribution in [2.24, 2.45) is 5.73 Å². The number of aromatic nitrogens is 1. The number of benzene rings is 2. The van der Waals surface area contributed by atoms with Crippen molar-refractivity contribution in [3.05, 3.63) is 69.6 Å². The van der Waals surface area contributed by atoms with Crippen LogP contribution in [0.2, 0.25) is 5.02 Å². The molecule has 7 heteroatoms. The molecular formula is C21H19ClFN3O2. The fourth-order valence-electron chi connectivity index (χ4n) is 3.15. The maximum atomic E-state index is 13.5. The van der Waals surface area contributed by atoms with E-state index in [0.717, 1.165) is 11.1 Å². The summed E-state index contributed by atoms with van der Waals surface area (Å²) < 4.78 is 13.5. The monoisotopic (exact) mass is 399 g/mol. The molecule has 3 N–H and O–H groups in total. The number of hydrogen-bond donors (Lipinski definition) is 2. The van der Waals surface area contributed by atoms with Crippen LogP contribution in [0.4, 0.5) is 10.1 Å².